The van der Waals surface area contributed by atoms with Crippen LogP contribution in [0.5, 0.6) is 0 Å². The van der Waals surface area contributed by atoms with Crippen LogP contribution >= 0.6 is 0 Å². The maximum Gasteiger partial charge on any atom is 0.187 e. The van der Waals surface area contributed by atoms with Crippen molar-refractivity contribution in [1.29, 1.82) is 0 Å². The summed E-state index contributed by atoms with van der Waals surface area (Å²) in [7, 11) is 0. The van der Waals surface area contributed by atoms with Crippen molar-refractivity contribution in [2.24, 2.45) is 0 Å². The molecule has 0 rings (SSSR count). The van der Waals surface area contributed by atoms with Gasteiger partial charge in [0.05, 0.1) is 0 Å². The summed E-state index contributed by atoms with van der Waals surface area (Å²) in [4.78, 5) is 0. The minimum atomic E-state index is -6.21. The second-order valence-electron chi connectivity index (χ2n) is 11.4. The zero-order valence-electron chi connectivity index (χ0n) is 17.2. The van der Waals surface area contributed by atoms with Crippen LogP contribution in [0.2, 0.25) is 25.1 Å². The molecule has 0 N–H and O–H groups in total. The van der Waals surface area contributed by atoms with E-state index in [-0.39, 0.29) is 17.4 Å². The van der Waals surface area contributed by atoms with Crippen molar-refractivity contribution < 1.29 is 22.2 Å². The van der Waals surface area contributed by atoms with Crippen molar-refractivity contribution in [3.05, 3.63) is 0 Å². The molecule has 3 nitrogen and oxygen atoms in total. The maximum absolute atomic E-state index is 15.4. The van der Waals surface area contributed by atoms with Gasteiger partial charge in [0.15, 0.2) is 17.4 Å². The zero-order chi connectivity index (χ0) is 18.3. The average molecular weight is 399 g/mol. The van der Waals surface area contributed by atoms with E-state index in [9.17, 15) is 0 Å². The van der Waals surface area contributed by atoms with Gasteiger partial charge in [-0.1, -0.05) is 0 Å². The van der Waals surface area contributed by atoms with E-state index in [0.717, 1.165) is 51.4 Å². The van der Waals surface area contributed by atoms with Crippen molar-refractivity contribution in [2.45, 2.75) is 104 Å². The predicted molar refractivity (Wildman–Crippen MR) is 109 cm³/mol. The summed E-state index contributed by atoms with van der Waals surface area (Å²) in [5.74, 6) is 0. The molecule has 0 aliphatic heterocycles. The quantitative estimate of drug-likeness (QED) is 0.247. The zero-order valence-corrected chi connectivity index (χ0v) is 18.8. The normalized spacial score (nSPS) is 18.6. The summed E-state index contributed by atoms with van der Waals surface area (Å²) in [6, 6.07) is 0. The van der Waals surface area contributed by atoms with Gasteiger partial charge in [0.25, 0.3) is 0 Å². The van der Waals surface area contributed by atoms with Gasteiger partial charge in [-0.3, -0.25) is 0 Å². The van der Waals surface area contributed by atoms with E-state index in [0.29, 0.717) is 22.7 Å². The Labute approximate surface area is 156 Å². The third kappa shape index (κ3) is 7.30. The van der Waals surface area contributed by atoms with Crippen LogP contribution in [0.3, 0.4) is 0 Å². The molecular weight excluding hydrogens is 351 g/mol. The Morgan fingerprint density at radius 2 is 0.917 bits per heavy atom. The number of rotatable bonds is 14. The van der Waals surface area contributed by atoms with Crippen LogP contribution in [0.15, 0.2) is 0 Å². The Balaban J connectivity index is 0. The van der Waals surface area contributed by atoms with Gasteiger partial charge in [0.1, 0.15) is 0 Å². The van der Waals surface area contributed by atoms with Gasteiger partial charge in [0.2, 0.25) is 0 Å². The molecular formula is C19H48AlO3Ti. The van der Waals surface area contributed by atoms with E-state index in [4.69, 9.17) is 6.64 Å². The second-order valence-corrected chi connectivity index (χ2v) is 35.2. The molecule has 0 spiro atoms. The maximum atomic E-state index is 15.4. The molecule has 0 amide bonds. The molecule has 0 aromatic heterocycles. The SMILES string of the molecule is CCCC[O][Ti]([CH3])([CH3])([CH3])(=[O])([CH2]CCC)([CH2]CCC)[O]CCCC.[AlH3]. The van der Waals surface area contributed by atoms with Gasteiger partial charge in [-0.15, -0.1) is 0 Å². The van der Waals surface area contributed by atoms with Gasteiger partial charge in [-0.25, -0.2) is 0 Å². The van der Waals surface area contributed by atoms with Crippen molar-refractivity contribution in [2.75, 3.05) is 13.2 Å². The topological polar surface area (TPSA) is 35.5 Å². The Morgan fingerprint density at radius 1 is 0.625 bits per heavy atom. The van der Waals surface area contributed by atoms with Crippen LogP contribution in [-0.4, -0.2) is 30.6 Å². The Kier molecular flexibility index (Phi) is 7.76. The molecule has 0 heterocycles. The van der Waals surface area contributed by atoms with Crippen molar-refractivity contribution in [1.82, 2.24) is 0 Å². The minimum absolute atomic E-state index is 0. The van der Waals surface area contributed by atoms with E-state index in [1.165, 1.54) is 0 Å². The molecule has 24 heavy (non-hydrogen) atoms. The summed E-state index contributed by atoms with van der Waals surface area (Å²) >= 11 is -6.21. The predicted octanol–water partition coefficient (Wildman–Crippen LogP) is 6.49. The molecule has 0 unspecified atom stereocenters. The summed E-state index contributed by atoms with van der Waals surface area (Å²) in [6.07, 6.45) is 7.63. The van der Waals surface area contributed by atoms with Crippen LogP contribution in [0.25, 0.3) is 0 Å². The molecule has 0 aromatic rings. The van der Waals surface area contributed by atoms with Crippen molar-refractivity contribution in [3.63, 3.8) is 0 Å². The van der Waals surface area contributed by atoms with Crippen LogP contribution in [0.4, 0.5) is 0 Å². The van der Waals surface area contributed by atoms with E-state index in [1.54, 1.807) is 0 Å². The first-order valence-electron chi connectivity index (χ1n) is 10.2. The third-order valence-electron chi connectivity index (χ3n) is 6.24. The van der Waals surface area contributed by atoms with Gasteiger partial charge < -0.3 is 0 Å². The fraction of sp³-hybridized carbons (Fsp3) is 1.00. The van der Waals surface area contributed by atoms with E-state index < -0.39 is 12.2 Å². The van der Waals surface area contributed by atoms with Gasteiger partial charge in [0, 0.05) is 0 Å². The first-order valence-corrected chi connectivity index (χ1v) is 19.0. The molecule has 149 valence electrons. The summed E-state index contributed by atoms with van der Waals surface area (Å²) in [5.41, 5.74) is 0. The summed E-state index contributed by atoms with van der Waals surface area (Å²) in [6.45, 7) is 9.58. The fourth-order valence-electron chi connectivity index (χ4n) is 4.05. The monoisotopic (exact) mass is 399 g/mol. The van der Waals surface area contributed by atoms with Crippen LogP contribution in [0, 0.1) is 0 Å². The molecule has 0 aliphatic rings. The largest absolute Gasteiger partial charge is 0.187 e. The molecule has 0 atom stereocenters. The van der Waals surface area contributed by atoms with E-state index in [1.807, 2.05) is 15.7 Å². The van der Waals surface area contributed by atoms with Crippen LogP contribution < -0.4 is 0 Å². The molecule has 0 saturated carbocycles. The Morgan fingerprint density at radius 3 is 1.17 bits per heavy atom. The molecule has 0 bridgehead atoms. The fourth-order valence-corrected chi connectivity index (χ4v) is 15.8. The Hall–Kier alpha value is 0.967. The number of hydrogen-bond acceptors (Lipinski definition) is 3. The van der Waals surface area contributed by atoms with Gasteiger partial charge in [-0.2, -0.15) is 0 Å². The Bertz CT molecular complexity index is 500. The first-order chi connectivity index (χ1) is 10.2. The first kappa shape index (κ1) is 27.2. The molecule has 0 saturated heterocycles. The summed E-state index contributed by atoms with van der Waals surface area (Å²) in [5, 5.41) is 5.68. The smallest absolute Gasteiger partial charge is 0.187 e. The molecule has 0 radical (unpaired) electrons. The number of unbranched alkanes of at least 4 members (excludes halogenated alkanes) is 4. The second kappa shape index (κ2) is 6.85. The standard InChI is InChI=1S/2C4H9O.2C4H9.3CH3.Al.O.Ti.3H/c2*1-2-3-4-5;2*1-3-4-2;;;;;;;;;/h2*2-4H2,1H3;2*1,3-4H2,2H3;3*1H3;;;;;;/q2*-1;;;;;;;;+2;;;. The average Bonchev–Trinajstić information content (AvgIpc) is 2.45. The van der Waals surface area contributed by atoms with Crippen molar-refractivity contribution in [3.8, 4) is 0 Å². The molecule has 5 heteroatoms. The molecule has 0 aliphatic carbocycles. The van der Waals surface area contributed by atoms with Gasteiger partial charge >= 0.3 is 140 Å². The third-order valence-corrected chi connectivity index (χ3v) is 20.4. The van der Waals surface area contributed by atoms with Gasteiger partial charge in [-0.05, 0) is 0 Å². The van der Waals surface area contributed by atoms with Crippen molar-refractivity contribution >= 4 is 17.4 Å². The van der Waals surface area contributed by atoms with E-state index in [2.05, 4.69) is 27.7 Å². The summed E-state index contributed by atoms with van der Waals surface area (Å²) < 4.78 is 29.6. The number of hydrogen-bond donors (Lipinski definition) is 0. The van der Waals surface area contributed by atoms with Crippen LogP contribution in [-0.2, 0) is 22.2 Å². The molecule has 0 fully saturated rings. The van der Waals surface area contributed by atoms with E-state index >= 15 is 3.32 Å². The van der Waals surface area contributed by atoms with Crippen LogP contribution in [0.1, 0.15) is 79.1 Å². The molecule has 0 aromatic carbocycles. The minimum Gasteiger partial charge on any atom is 0.187 e.